The van der Waals surface area contributed by atoms with Gasteiger partial charge in [-0.15, -0.1) is 0 Å². The predicted molar refractivity (Wildman–Crippen MR) is 95.5 cm³/mol. The van der Waals surface area contributed by atoms with Crippen LogP contribution in [0.1, 0.15) is 10.4 Å². The number of aromatic carboxylic acids is 1. The molecule has 1 aliphatic heterocycles. The minimum atomic E-state index is -0.995. The maximum Gasteiger partial charge on any atom is 0.336 e. The standard InChI is InChI=1S/C20H14N2O3.ClH/c21-11-5-7-15-17(9-11)25-18-10-12(22)6-8-16(18)19(15)13-3-1-2-4-14(13)20(23)24;/h1-10,21H,22H2,(H,23,24);1H/p-1. The summed E-state index contributed by atoms with van der Waals surface area (Å²) in [5.74, 6) is -0.481. The number of hydrogen-bond acceptors (Lipinski definition) is 4. The van der Waals surface area contributed by atoms with Gasteiger partial charge >= 0.3 is 5.97 Å². The average Bonchev–Trinajstić information content (AvgIpc) is 2.59. The summed E-state index contributed by atoms with van der Waals surface area (Å²) in [5, 5.41) is 18.5. The van der Waals surface area contributed by atoms with Gasteiger partial charge in [0.15, 0.2) is 0 Å². The van der Waals surface area contributed by atoms with Crippen LogP contribution in [0.15, 0.2) is 65.1 Å². The first kappa shape index (κ1) is 17.5. The van der Waals surface area contributed by atoms with Crippen LogP contribution >= 0.6 is 0 Å². The Morgan fingerprint density at radius 2 is 1.77 bits per heavy atom. The molecule has 0 unspecified atom stereocenters. The van der Waals surface area contributed by atoms with Crippen molar-refractivity contribution in [1.82, 2.24) is 0 Å². The van der Waals surface area contributed by atoms with Gasteiger partial charge in [0.05, 0.1) is 10.9 Å². The first-order valence-corrected chi connectivity index (χ1v) is 7.68. The molecule has 2 aromatic carbocycles. The number of carboxylic acids is 1. The predicted octanol–water partition coefficient (Wildman–Crippen LogP) is 0.968. The lowest BCUT2D eigenvalue weighted by atomic mass is 9.91. The minimum Gasteiger partial charge on any atom is -1.00 e. The summed E-state index contributed by atoms with van der Waals surface area (Å²) in [6.45, 7) is 0. The van der Waals surface area contributed by atoms with Gasteiger partial charge in [-0.2, -0.15) is 0 Å². The number of nitrogens with one attached hydrogen (secondary N) is 1. The highest BCUT2D eigenvalue weighted by atomic mass is 35.5. The summed E-state index contributed by atoms with van der Waals surface area (Å²) < 4.78 is 5.92. The normalized spacial score (nSPS) is 10.6. The molecule has 1 aliphatic carbocycles. The number of carbonyl (C=O) groups is 1. The van der Waals surface area contributed by atoms with Gasteiger partial charge in [0.2, 0.25) is 0 Å². The van der Waals surface area contributed by atoms with Crippen LogP contribution in [-0.4, -0.2) is 11.1 Å². The second-order valence-electron chi connectivity index (χ2n) is 5.79. The SMILES string of the molecule is N=c1ccc2c(-c3ccccc3C(=O)O)c3ccc(N)cc3oc-2c1.[Cl-]. The van der Waals surface area contributed by atoms with Crippen LogP contribution in [0.4, 0.5) is 5.69 Å². The van der Waals surface area contributed by atoms with Gasteiger partial charge < -0.3 is 33.1 Å². The quantitative estimate of drug-likeness (QED) is 0.364. The van der Waals surface area contributed by atoms with Gasteiger partial charge in [0.1, 0.15) is 11.3 Å². The van der Waals surface area contributed by atoms with Gasteiger partial charge in [-0.3, -0.25) is 0 Å². The molecule has 130 valence electrons. The fraction of sp³-hybridized carbons (Fsp3) is 0. The van der Waals surface area contributed by atoms with Crippen LogP contribution in [0.3, 0.4) is 0 Å². The van der Waals surface area contributed by atoms with Crippen LogP contribution in [0, 0.1) is 5.41 Å². The van der Waals surface area contributed by atoms with Crippen LogP contribution in [-0.2, 0) is 0 Å². The van der Waals surface area contributed by atoms with Crippen molar-refractivity contribution >= 4 is 22.6 Å². The topological polar surface area (TPSA) is 100 Å². The molecule has 0 saturated carbocycles. The van der Waals surface area contributed by atoms with Crippen LogP contribution in [0.25, 0.3) is 33.4 Å². The molecule has 0 spiro atoms. The van der Waals surface area contributed by atoms with E-state index in [1.807, 2.05) is 6.07 Å². The Morgan fingerprint density at radius 1 is 1.00 bits per heavy atom. The van der Waals surface area contributed by atoms with Gasteiger partial charge in [-0.05, 0) is 35.9 Å². The van der Waals surface area contributed by atoms with Gasteiger partial charge in [-0.25, -0.2) is 4.79 Å². The molecular formula is C20H14ClN2O3-. The van der Waals surface area contributed by atoms with E-state index < -0.39 is 5.97 Å². The van der Waals surface area contributed by atoms with Crippen molar-refractivity contribution in [3.63, 3.8) is 0 Å². The van der Waals surface area contributed by atoms with E-state index in [0.717, 1.165) is 16.5 Å². The van der Waals surface area contributed by atoms with E-state index in [4.69, 9.17) is 15.6 Å². The second kappa shape index (κ2) is 6.54. The van der Waals surface area contributed by atoms with E-state index >= 15 is 0 Å². The lowest BCUT2D eigenvalue weighted by Crippen LogP contribution is -3.00. The second-order valence-corrected chi connectivity index (χ2v) is 5.79. The van der Waals surface area contributed by atoms with Crippen molar-refractivity contribution < 1.29 is 26.7 Å². The fourth-order valence-electron chi connectivity index (χ4n) is 3.08. The van der Waals surface area contributed by atoms with Crippen LogP contribution in [0.5, 0.6) is 0 Å². The lowest BCUT2D eigenvalue weighted by Gasteiger charge is -2.16. The Hall–Kier alpha value is -3.31. The number of rotatable bonds is 2. The maximum absolute atomic E-state index is 11.7. The van der Waals surface area contributed by atoms with Crippen molar-refractivity contribution in [2.24, 2.45) is 0 Å². The molecule has 4 N–H and O–H groups in total. The Balaban J connectivity index is 0.00000196. The molecule has 5 nitrogen and oxygen atoms in total. The van der Waals surface area contributed by atoms with E-state index in [1.165, 1.54) is 0 Å². The summed E-state index contributed by atoms with van der Waals surface area (Å²) in [6, 6.07) is 17.2. The zero-order valence-electron chi connectivity index (χ0n) is 13.5. The third-order valence-corrected chi connectivity index (χ3v) is 4.17. The minimum absolute atomic E-state index is 0. The molecule has 2 aliphatic rings. The molecule has 0 bridgehead atoms. The van der Waals surface area contributed by atoms with Crippen molar-refractivity contribution in [3.8, 4) is 22.5 Å². The van der Waals surface area contributed by atoms with Gasteiger partial charge in [-0.1, -0.05) is 18.2 Å². The summed E-state index contributed by atoms with van der Waals surface area (Å²) in [7, 11) is 0. The van der Waals surface area contributed by atoms with E-state index in [2.05, 4.69) is 0 Å². The number of hydrogen-bond donors (Lipinski definition) is 3. The third-order valence-electron chi connectivity index (χ3n) is 4.17. The monoisotopic (exact) mass is 365 g/mol. The number of fused-ring (bicyclic) bond motifs is 2. The van der Waals surface area contributed by atoms with Gasteiger partial charge in [0, 0.05) is 34.3 Å². The summed E-state index contributed by atoms with van der Waals surface area (Å²) in [5.41, 5.74) is 9.30. The number of benzene rings is 3. The van der Waals surface area contributed by atoms with Crippen LogP contribution < -0.4 is 23.5 Å². The Labute approximate surface area is 155 Å². The molecular weight excluding hydrogens is 352 g/mol. The highest BCUT2D eigenvalue weighted by molar-refractivity contribution is 6.07. The van der Waals surface area contributed by atoms with E-state index in [0.29, 0.717) is 28.0 Å². The van der Waals surface area contributed by atoms with Crippen molar-refractivity contribution in [3.05, 3.63) is 71.6 Å². The average molecular weight is 366 g/mol. The largest absolute Gasteiger partial charge is 1.00 e. The molecule has 0 atom stereocenters. The van der Waals surface area contributed by atoms with Crippen LogP contribution in [0.2, 0.25) is 0 Å². The molecule has 26 heavy (non-hydrogen) atoms. The number of anilines is 1. The van der Waals surface area contributed by atoms with E-state index in [-0.39, 0.29) is 18.0 Å². The number of nitrogens with two attached hydrogens (primary N) is 1. The molecule has 0 amide bonds. The summed E-state index contributed by atoms with van der Waals surface area (Å²) in [4.78, 5) is 11.7. The number of carboxylic acid groups (broad SMARTS) is 1. The molecule has 4 rings (SSSR count). The van der Waals surface area contributed by atoms with E-state index in [9.17, 15) is 9.90 Å². The summed E-state index contributed by atoms with van der Waals surface area (Å²) in [6.07, 6.45) is 0. The van der Waals surface area contributed by atoms with Crippen molar-refractivity contribution in [1.29, 1.82) is 5.41 Å². The number of halogens is 1. The molecule has 1 heterocycles. The zero-order chi connectivity index (χ0) is 17.6. The molecule has 6 heteroatoms. The maximum atomic E-state index is 11.7. The smallest absolute Gasteiger partial charge is 0.336 e. The molecule has 0 saturated heterocycles. The third kappa shape index (κ3) is 2.78. The Kier molecular flexibility index (Phi) is 4.40. The number of nitrogen functional groups attached to an aromatic ring is 1. The summed E-state index contributed by atoms with van der Waals surface area (Å²) >= 11 is 0. The first-order chi connectivity index (χ1) is 12.0. The highest BCUT2D eigenvalue weighted by Gasteiger charge is 2.20. The zero-order valence-corrected chi connectivity index (χ0v) is 14.2. The Bertz CT molecular complexity index is 1170. The van der Waals surface area contributed by atoms with Gasteiger partial charge in [0.25, 0.3) is 0 Å². The van der Waals surface area contributed by atoms with Crippen molar-refractivity contribution in [2.45, 2.75) is 0 Å². The molecule has 0 radical (unpaired) electrons. The first-order valence-electron chi connectivity index (χ1n) is 7.68. The fourth-order valence-corrected chi connectivity index (χ4v) is 3.08. The van der Waals surface area contributed by atoms with Crippen molar-refractivity contribution in [2.75, 3.05) is 5.73 Å². The lowest BCUT2D eigenvalue weighted by molar-refractivity contribution is -0.0000212. The molecule has 0 fully saturated rings. The molecule has 0 aromatic heterocycles. The Morgan fingerprint density at radius 3 is 2.54 bits per heavy atom. The van der Waals surface area contributed by atoms with E-state index in [1.54, 1.807) is 54.6 Å². The molecule has 2 aromatic rings. The highest BCUT2D eigenvalue weighted by Crippen LogP contribution is 2.41.